The Balaban J connectivity index is 1.33. The summed E-state index contributed by atoms with van der Waals surface area (Å²) in [5.74, 6) is 1.75. The number of hydrogen-bond donors (Lipinski definition) is 1. The highest BCUT2D eigenvalue weighted by atomic mass is 19.4. The lowest BCUT2D eigenvalue weighted by Crippen LogP contribution is -2.51. The number of hydrogen-bond acceptors (Lipinski definition) is 1. The predicted octanol–water partition coefficient (Wildman–Crippen LogP) is 5.76. The molecule has 1 aliphatic heterocycles. The van der Waals surface area contributed by atoms with Gasteiger partial charge in [-0.1, -0.05) is 18.2 Å². The number of benzene rings is 1. The largest absolute Gasteiger partial charge is 0.414 e. The summed E-state index contributed by atoms with van der Waals surface area (Å²) in [6, 6.07) is 5.48. The number of carbonyl (C=O) groups excluding carboxylic acids is 1. The van der Waals surface area contributed by atoms with Crippen molar-refractivity contribution in [2.75, 3.05) is 6.54 Å². The zero-order valence-corrected chi connectivity index (χ0v) is 17.0. The van der Waals surface area contributed by atoms with Gasteiger partial charge in [0.1, 0.15) is 0 Å². The average Bonchev–Trinajstić information content (AvgIpc) is 3.03. The first-order valence-electron chi connectivity index (χ1n) is 11.3. The number of amides is 1. The fraction of sp³-hybridized carbons (Fsp3) is 0.625. The van der Waals surface area contributed by atoms with Gasteiger partial charge in [0.05, 0.1) is 5.69 Å². The van der Waals surface area contributed by atoms with Gasteiger partial charge < -0.3 is 9.88 Å². The summed E-state index contributed by atoms with van der Waals surface area (Å²) in [5, 5.41) is 0.843. The van der Waals surface area contributed by atoms with Gasteiger partial charge in [-0.2, -0.15) is 13.2 Å². The molecule has 4 bridgehead atoms. The molecule has 0 spiro atoms. The number of aromatic amines is 1. The average molecular weight is 416 g/mol. The van der Waals surface area contributed by atoms with Gasteiger partial charge in [-0.25, -0.2) is 0 Å². The molecule has 1 N–H and O–H groups in total. The van der Waals surface area contributed by atoms with E-state index in [1.807, 2.05) is 24.3 Å². The molecular weight excluding hydrogens is 389 g/mol. The molecule has 0 radical (unpaired) electrons. The number of carbonyl (C=O) groups is 1. The fourth-order valence-corrected chi connectivity index (χ4v) is 7.78. The number of nitrogens with one attached hydrogen (secondary N) is 1. The van der Waals surface area contributed by atoms with E-state index in [1.54, 1.807) is 0 Å². The highest BCUT2D eigenvalue weighted by molar-refractivity contribution is 5.86. The lowest BCUT2D eigenvalue weighted by atomic mass is 9.49. The summed E-state index contributed by atoms with van der Waals surface area (Å²) in [6.07, 6.45) is 3.17. The summed E-state index contributed by atoms with van der Waals surface area (Å²) in [5.41, 5.74) is 1.54. The molecule has 1 atom stereocenters. The maximum Gasteiger partial charge on any atom is 0.414 e. The van der Waals surface area contributed by atoms with Crippen LogP contribution in [0.3, 0.4) is 0 Å². The number of nitrogens with zero attached hydrogens (tertiary/aromatic N) is 1. The third-order valence-electron chi connectivity index (χ3n) is 8.36. The molecule has 1 aromatic heterocycles. The third kappa shape index (κ3) is 2.82. The first-order chi connectivity index (χ1) is 14.3. The molecule has 160 valence electrons. The Morgan fingerprint density at radius 1 is 1.07 bits per heavy atom. The quantitative estimate of drug-likeness (QED) is 0.664. The van der Waals surface area contributed by atoms with Crippen LogP contribution in [0.1, 0.15) is 62.2 Å². The Hall–Kier alpha value is -1.98. The minimum absolute atomic E-state index is 0.0529. The van der Waals surface area contributed by atoms with E-state index in [0.29, 0.717) is 41.7 Å². The highest BCUT2D eigenvalue weighted by Gasteiger charge is 2.54. The van der Waals surface area contributed by atoms with Crippen LogP contribution in [0.25, 0.3) is 10.9 Å². The summed E-state index contributed by atoms with van der Waals surface area (Å²) >= 11 is 0. The van der Waals surface area contributed by atoms with E-state index >= 15 is 0 Å². The van der Waals surface area contributed by atoms with Gasteiger partial charge in [0.15, 0.2) is 6.04 Å². The second-order valence-electron chi connectivity index (χ2n) is 10.4. The molecule has 7 rings (SSSR count). The minimum atomic E-state index is -4.49. The van der Waals surface area contributed by atoms with Crippen molar-refractivity contribution >= 4 is 16.8 Å². The second-order valence-corrected chi connectivity index (χ2v) is 10.4. The van der Waals surface area contributed by atoms with Gasteiger partial charge in [-0.05, 0) is 79.7 Å². The maximum absolute atomic E-state index is 14.2. The molecule has 0 saturated heterocycles. The Labute approximate surface area is 174 Å². The molecule has 4 saturated carbocycles. The van der Waals surface area contributed by atoms with Gasteiger partial charge in [-0.3, -0.25) is 4.79 Å². The van der Waals surface area contributed by atoms with Gasteiger partial charge in [0.2, 0.25) is 5.91 Å². The lowest BCUT2D eigenvalue weighted by Gasteiger charge is -2.57. The number of rotatable bonds is 2. The topological polar surface area (TPSA) is 36.1 Å². The van der Waals surface area contributed by atoms with E-state index < -0.39 is 12.2 Å². The Morgan fingerprint density at radius 2 is 1.70 bits per heavy atom. The summed E-state index contributed by atoms with van der Waals surface area (Å²) in [6.45, 7) is 0.143. The van der Waals surface area contributed by atoms with E-state index in [9.17, 15) is 18.0 Å². The number of para-hydroxylation sites is 1. The van der Waals surface area contributed by atoms with Crippen LogP contribution in [-0.4, -0.2) is 28.5 Å². The lowest BCUT2D eigenvalue weighted by molar-refractivity contribution is -0.197. The van der Waals surface area contributed by atoms with E-state index in [1.165, 1.54) is 19.3 Å². The molecule has 4 fully saturated rings. The molecule has 2 aromatic rings. The van der Waals surface area contributed by atoms with Gasteiger partial charge in [-0.15, -0.1) is 0 Å². The molecule has 30 heavy (non-hydrogen) atoms. The van der Waals surface area contributed by atoms with Crippen LogP contribution in [-0.2, 0) is 11.2 Å². The molecule has 6 heteroatoms. The molecule has 1 aromatic carbocycles. The smallest absolute Gasteiger partial charge is 0.356 e. The van der Waals surface area contributed by atoms with Crippen LogP contribution in [0.5, 0.6) is 0 Å². The van der Waals surface area contributed by atoms with E-state index in [4.69, 9.17) is 0 Å². The van der Waals surface area contributed by atoms with Crippen molar-refractivity contribution in [2.45, 2.75) is 63.6 Å². The molecule has 0 unspecified atom stereocenters. The van der Waals surface area contributed by atoms with Crippen LogP contribution in [0, 0.1) is 23.2 Å². The number of aromatic nitrogens is 1. The van der Waals surface area contributed by atoms with Crippen molar-refractivity contribution in [1.82, 2.24) is 9.88 Å². The van der Waals surface area contributed by atoms with Crippen LogP contribution in [0.4, 0.5) is 13.2 Å². The number of halogens is 3. The molecular formula is C24H27F3N2O. The zero-order chi connectivity index (χ0) is 20.7. The Bertz CT molecular complexity index is 972. The van der Waals surface area contributed by atoms with Gasteiger partial charge >= 0.3 is 6.18 Å². The molecule has 2 heterocycles. The van der Waals surface area contributed by atoms with E-state index in [0.717, 1.165) is 29.5 Å². The Morgan fingerprint density at radius 3 is 2.33 bits per heavy atom. The van der Waals surface area contributed by atoms with Crippen LogP contribution in [0.2, 0.25) is 0 Å². The Kier molecular flexibility index (Phi) is 3.92. The normalized spacial score (nSPS) is 35.1. The zero-order valence-electron chi connectivity index (χ0n) is 17.0. The minimum Gasteiger partial charge on any atom is -0.356 e. The monoisotopic (exact) mass is 416 g/mol. The van der Waals surface area contributed by atoms with Crippen LogP contribution >= 0.6 is 0 Å². The molecule has 4 aliphatic carbocycles. The van der Waals surface area contributed by atoms with Crippen molar-refractivity contribution in [3.8, 4) is 0 Å². The van der Waals surface area contributed by atoms with Gasteiger partial charge in [0.25, 0.3) is 0 Å². The first-order valence-corrected chi connectivity index (χ1v) is 11.3. The third-order valence-corrected chi connectivity index (χ3v) is 8.36. The maximum atomic E-state index is 14.2. The first kappa shape index (κ1) is 18.8. The summed E-state index contributed by atoms with van der Waals surface area (Å²) in [7, 11) is 0. The molecule has 5 aliphatic rings. The second kappa shape index (κ2) is 6.27. The van der Waals surface area contributed by atoms with Crippen molar-refractivity contribution in [3.63, 3.8) is 0 Å². The van der Waals surface area contributed by atoms with Gasteiger partial charge in [0, 0.05) is 23.9 Å². The number of H-pyrrole nitrogens is 1. The highest BCUT2D eigenvalue weighted by Crippen LogP contribution is 2.61. The van der Waals surface area contributed by atoms with Crippen molar-refractivity contribution in [1.29, 1.82) is 0 Å². The fourth-order valence-electron chi connectivity index (χ4n) is 7.78. The van der Waals surface area contributed by atoms with Crippen molar-refractivity contribution in [3.05, 3.63) is 35.5 Å². The number of alkyl halides is 3. The number of fused-ring (bicyclic) bond motifs is 3. The van der Waals surface area contributed by atoms with Crippen molar-refractivity contribution < 1.29 is 18.0 Å². The van der Waals surface area contributed by atoms with Crippen LogP contribution < -0.4 is 0 Å². The van der Waals surface area contributed by atoms with Crippen LogP contribution in [0.15, 0.2) is 24.3 Å². The van der Waals surface area contributed by atoms with E-state index in [-0.39, 0.29) is 23.6 Å². The molecule has 3 nitrogen and oxygen atoms in total. The standard InChI is InChI=1S/C24H27F3N2O/c25-24(26,27)22-21-18(17-3-1-2-4-19(17)28-21)5-6-29(22)20(30)13-23-10-14-7-15(11-23)9-16(8-14)12-23/h1-4,14-16,22,28H,5-13H2/t14?,15?,16?,22-,23?/m1/s1. The molecule has 1 amide bonds. The predicted molar refractivity (Wildman–Crippen MR) is 108 cm³/mol. The summed E-state index contributed by atoms with van der Waals surface area (Å²) < 4.78 is 42.7. The SMILES string of the molecule is O=C(CC12CC3CC(CC(C3)C1)C2)N1CCc2c([nH]c3ccccc23)[C@@H]1C(F)(F)F. The van der Waals surface area contributed by atoms with E-state index in [2.05, 4.69) is 4.98 Å². The summed E-state index contributed by atoms with van der Waals surface area (Å²) in [4.78, 5) is 17.5. The van der Waals surface area contributed by atoms with Crippen molar-refractivity contribution in [2.24, 2.45) is 23.2 Å².